The Hall–Kier alpha value is -4.04. The summed E-state index contributed by atoms with van der Waals surface area (Å²) in [6.45, 7) is 0. The van der Waals surface area contributed by atoms with Gasteiger partial charge in [-0.3, -0.25) is 0 Å². The molecular weight excluding hydrogens is 522 g/mol. The van der Waals surface area contributed by atoms with E-state index in [4.69, 9.17) is 4.74 Å². The second kappa shape index (κ2) is 10.0. The number of hydrogen-bond acceptors (Lipinski definition) is 2. The van der Waals surface area contributed by atoms with Gasteiger partial charge in [0.1, 0.15) is 11.6 Å². The van der Waals surface area contributed by atoms with Gasteiger partial charge < -0.3 is 4.74 Å². The van der Waals surface area contributed by atoms with Gasteiger partial charge in [0.05, 0.1) is 12.7 Å². The molecule has 0 saturated carbocycles. The molecule has 0 aliphatic rings. The number of methoxy groups -OCH3 is 1. The van der Waals surface area contributed by atoms with Gasteiger partial charge in [-0.25, -0.2) is 13.2 Å². The van der Waals surface area contributed by atoms with Gasteiger partial charge in [-0.2, -0.15) is 13.2 Å². The van der Waals surface area contributed by atoms with Gasteiger partial charge in [-0.05, 0) is 70.8 Å². The smallest absolute Gasteiger partial charge is 0.416 e. The van der Waals surface area contributed by atoms with Crippen molar-refractivity contribution in [2.75, 3.05) is 7.11 Å². The van der Waals surface area contributed by atoms with Gasteiger partial charge >= 0.3 is 6.18 Å². The Labute approximate surface area is 218 Å². The molecule has 0 amide bonds. The summed E-state index contributed by atoms with van der Waals surface area (Å²) in [6.07, 6.45) is -4.50. The highest BCUT2D eigenvalue weighted by molar-refractivity contribution is 7.20. The fraction of sp³-hybridized carbons (Fsp3) is 0.0667. The predicted octanol–water partition coefficient (Wildman–Crippen LogP) is 9.86. The second-order valence-electron chi connectivity index (χ2n) is 8.45. The van der Waals surface area contributed by atoms with Crippen molar-refractivity contribution in [3.8, 4) is 48.9 Å². The summed E-state index contributed by atoms with van der Waals surface area (Å²) >= 11 is 1.23. The van der Waals surface area contributed by atoms with E-state index in [1.807, 2.05) is 0 Å². The van der Waals surface area contributed by atoms with E-state index in [9.17, 15) is 26.3 Å². The van der Waals surface area contributed by atoms with Crippen LogP contribution in [0.1, 0.15) is 5.56 Å². The number of rotatable bonds is 5. The zero-order valence-corrected chi connectivity index (χ0v) is 20.6. The van der Waals surface area contributed by atoms with Crippen LogP contribution in [0.4, 0.5) is 26.3 Å². The maximum atomic E-state index is 14.3. The van der Waals surface area contributed by atoms with E-state index < -0.39 is 29.2 Å². The van der Waals surface area contributed by atoms with E-state index >= 15 is 0 Å². The van der Waals surface area contributed by atoms with Gasteiger partial charge in [0.2, 0.25) is 0 Å². The molecule has 5 rings (SSSR count). The Morgan fingerprint density at radius 3 is 1.61 bits per heavy atom. The van der Waals surface area contributed by atoms with Gasteiger partial charge in [0, 0.05) is 20.9 Å². The van der Waals surface area contributed by atoms with Crippen molar-refractivity contribution in [2.24, 2.45) is 0 Å². The van der Waals surface area contributed by atoms with Crippen LogP contribution in [0.3, 0.4) is 0 Å². The molecule has 0 spiro atoms. The highest BCUT2D eigenvalue weighted by Crippen LogP contribution is 2.52. The van der Waals surface area contributed by atoms with E-state index in [2.05, 4.69) is 0 Å². The number of alkyl halides is 3. The first-order chi connectivity index (χ1) is 18.2. The largest absolute Gasteiger partial charge is 0.497 e. The van der Waals surface area contributed by atoms with Crippen LogP contribution in [0.2, 0.25) is 0 Å². The van der Waals surface area contributed by atoms with Crippen LogP contribution in [0.25, 0.3) is 43.1 Å². The van der Waals surface area contributed by atoms with Crippen molar-refractivity contribution in [1.29, 1.82) is 0 Å². The summed E-state index contributed by atoms with van der Waals surface area (Å²) in [4.78, 5) is 1.17. The lowest BCUT2D eigenvalue weighted by atomic mass is 9.91. The summed E-state index contributed by atoms with van der Waals surface area (Å²) in [7, 11) is 1.53. The molecule has 0 aliphatic carbocycles. The summed E-state index contributed by atoms with van der Waals surface area (Å²) in [5.41, 5.74) is 2.67. The van der Waals surface area contributed by atoms with Crippen LogP contribution in [0, 0.1) is 17.5 Å². The Morgan fingerprint density at radius 2 is 1.08 bits per heavy atom. The SMILES string of the molecule is COc1ccc(-c2c(-c3ccc(F)c(F)c3)sc(-c3ccc(C(F)(F)F)cc3)c2-c2ccc(F)cc2)cc1. The lowest BCUT2D eigenvalue weighted by Gasteiger charge is -2.12. The molecule has 0 unspecified atom stereocenters. The molecule has 5 aromatic rings. The van der Waals surface area contributed by atoms with Crippen molar-refractivity contribution in [1.82, 2.24) is 0 Å². The molecule has 1 aromatic heterocycles. The molecule has 0 N–H and O–H groups in total. The lowest BCUT2D eigenvalue weighted by Crippen LogP contribution is -2.03. The molecule has 4 aromatic carbocycles. The fourth-order valence-electron chi connectivity index (χ4n) is 4.21. The number of ether oxygens (including phenoxy) is 1. The average Bonchev–Trinajstić information content (AvgIpc) is 3.31. The summed E-state index contributed by atoms with van der Waals surface area (Å²) < 4.78 is 86.9. The third-order valence-electron chi connectivity index (χ3n) is 6.08. The molecule has 192 valence electrons. The van der Waals surface area contributed by atoms with Crippen LogP contribution in [-0.4, -0.2) is 7.11 Å². The van der Waals surface area contributed by atoms with E-state index in [1.165, 1.54) is 48.8 Å². The van der Waals surface area contributed by atoms with Crippen LogP contribution in [0.15, 0.2) is 91.0 Å². The van der Waals surface area contributed by atoms with Gasteiger partial charge in [-0.1, -0.05) is 42.5 Å². The lowest BCUT2D eigenvalue weighted by molar-refractivity contribution is -0.137. The Bertz CT molecular complexity index is 1580. The third-order valence-corrected chi connectivity index (χ3v) is 7.36. The molecule has 0 bridgehead atoms. The number of hydrogen-bond donors (Lipinski definition) is 0. The van der Waals surface area contributed by atoms with E-state index in [1.54, 1.807) is 36.4 Å². The topological polar surface area (TPSA) is 9.23 Å². The zero-order chi connectivity index (χ0) is 27.0. The molecule has 0 atom stereocenters. The minimum absolute atomic E-state index is 0.390. The molecule has 8 heteroatoms. The van der Waals surface area contributed by atoms with Gasteiger partial charge in [0.15, 0.2) is 11.6 Å². The van der Waals surface area contributed by atoms with E-state index in [-0.39, 0.29) is 0 Å². The first-order valence-corrected chi connectivity index (χ1v) is 12.2. The van der Waals surface area contributed by atoms with Crippen molar-refractivity contribution in [3.05, 3.63) is 114 Å². The molecule has 38 heavy (non-hydrogen) atoms. The predicted molar refractivity (Wildman–Crippen MR) is 137 cm³/mol. The van der Waals surface area contributed by atoms with E-state index in [0.717, 1.165) is 24.3 Å². The maximum Gasteiger partial charge on any atom is 0.416 e. The second-order valence-corrected chi connectivity index (χ2v) is 9.47. The summed E-state index contributed by atoms with van der Waals surface area (Å²) in [5.74, 6) is -1.88. The summed E-state index contributed by atoms with van der Waals surface area (Å²) in [5, 5.41) is 0. The van der Waals surface area contributed by atoms with E-state index in [0.29, 0.717) is 48.9 Å². The monoisotopic (exact) mass is 540 g/mol. The highest BCUT2D eigenvalue weighted by Gasteiger charge is 2.30. The maximum absolute atomic E-state index is 14.3. The van der Waals surface area contributed by atoms with Crippen molar-refractivity contribution >= 4 is 11.3 Å². The molecular formula is C30H18F6OS. The van der Waals surface area contributed by atoms with Crippen LogP contribution < -0.4 is 4.74 Å². The van der Waals surface area contributed by atoms with Gasteiger partial charge in [-0.15, -0.1) is 11.3 Å². The number of thiophene rings is 1. The highest BCUT2D eigenvalue weighted by atomic mass is 32.1. The molecule has 0 fully saturated rings. The quantitative estimate of drug-likeness (QED) is 0.202. The van der Waals surface area contributed by atoms with Crippen LogP contribution in [-0.2, 0) is 6.18 Å². The average molecular weight is 541 g/mol. The Kier molecular flexibility index (Phi) is 6.75. The molecule has 0 aliphatic heterocycles. The van der Waals surface area contributed by atoms with Crippen molar-refractivity contribution in [2.45, 2.75) is 6.18 Å². The fourth-order valence-corrected chi connectivity index (χ4v) is 5.56. The Morgan fingerprint density at radius 1 is 0.579 bits per heavy atom. The van der Waals surface area contributed by atoms with Crippen LogP contribution >= 0.6 is 11.3 Å². The Balaban J connectivity index is 1.83. The zero-order valence-electron chi connectivity index (χ0n) is 19.7. The van der Waals surface area contributed by atoms with Crippen molar-refractivity contribution in [3.63, 3.8) is 0 Å². The standard InChI is InChI=1S/C30H18F6OS/c1-37-23-13-6-18(7-14-23)27-26(17-4-11-22(31)12-5-17)28(19-2-9-21(10-3-19)30(34,35)36)38-29(27)20-8-15-24(32)25(33)16-20/h2-16H,1H3. The first kappa shape index (κ1) is 25.6. The number of benzene rings is 4. The third kappa shape index (κ3) is 4.91. The molecule has 0 saturated heterocycles. The minimum Gasteiger partial charge on any atom is -0.497 e. The van der Waals surface area contributed by atoms with Crippen LogP contribution in [0.5, 0.6) is 5.75 Å². The van der Waals surface area contributed by atoms with Gasteiger partial charge in [0.25, 0.3) is 0 Å². The molecule has 0 radical (unpaired) electrons. The summed E-state index contributed by atoms with van der Waals surface area (Å²) in [6, 6.07) is 21.1. The first-order valence-electron chi connectivity index (χ1n) is 11.4. The van der Waals surface area contributed by atoms with Crippen molar-refractivity contribution < 1.29 is 31.1 Å². The minimum atomic E-state index is -4.50. The molecule has 1 nitrogen and oxygen atoms in total. The number of halogens is 6. The normalized spacial score (nSPS) is 11.6. The molecule has 1 heterocycles.